The number of fused-ring (bicyclic) bond motifs is 1. The van der Waals surface area contributed by atoms with Crippen LogP contribution in [0.1, 0.15) is 29.3 Å². The van der Waals surface area contributed by atoms with E-state index in [4.69, 9.17) is 4.42 Å². The summed E-state index contributed by atoms with van der Waals surface area (Å²) in [5.41, 5.74) is 0.869. The average molecular weight is 414 g/mol. The highest BCUT2D eigenvalue weighted by Crippen LogP contribution is 2.41. The molecule has 4 aromatic rings. The number of hydrogen-bond acceptors (Lipinski definition) is 7. The fourth-order valence-electron chi connectivity index (χ4n) is 3.76. The lowest BCUT2D eigenvalue weighted by Gasteiger charge is -2.36. The summed E-state index contributed by atoms with van der Waals surface area (Å²) in [7, 11) is 0. The van der Waals surface area contributed by atoms with Gasteiger partial charge in [-0.3, -0.25) is 4.90 Å². The van der Waals surface area contributed by atoms with E-state index in [1.165, 1.54) is 28.0 Å². The van der Waals surface area contributed by atoms with Gasteiger partial charge in [-0.2, -0.15) is 9.50 Å². The van der Waals surface area contributed by atoms with Crippen molar-refractivity contribution in [1.29, 1.82) is 0 Å². The molecule has 9 heteroatoms. The average Bonchev–Trinajstić information content (AvgIpc) is 3.44. The van der Waals surface area contributed by atoms with Crippen LogP contribution in [0, 0.1) is 5.82 Å². The molecule has 0 amide bonds. The number of aliphatic hydroxyl groups is 1. The number of aromatic nitrogens is 3. The molecule has 1 atom stereocenters. The summed E-state index contributed by atoms with van der Waals surface area (Å²) in [5.74, 6) is 0.636. The summed E-state index contributed by atoms with van der Waals surface area (Å²) in [4.78, 5) is 7.91. The number of piperidine rings is 1. The maximum Gasteiger partial charge on any atom is 0.230 e. The van der Waals surface area contributed by atoms with E-state index in [2.05, 4.69) is 15.0 Å². The Bertz CT molecular complexity index is 1110. The lowest BCUT2D eigenvalue weighted by Crippen LogP contribution is -2.38. The zero-order valence-corrected chi connectivity index (χ0v) is 16.2. The number of aliphatic hydroxyl groups excluding tert-OH is 1. The van der Waals surface area contributed by atoms with Crippen molar-refractivity contribution in [2.45, 2.75) is 25.0 Å². The van der Waals surface area contributed by atoms with Gasteiger partial charge in [-0.1, -0.05) is 23.5 Å². The minimum atomic E-state index is -0.313. The first-order chi connectivity index (χ1) is 14.1. The van der Waals surface area contributed by atoms with Crippen LogP contribution in [0.4, 0.5) is 4.39 Å². The second-order valence-corrected chi connectivity index (χ2v) is 8.13. The summed E-state index contributed by atoms with van der Waals surface area (Å²) in [6, 6.07) is 9.55. The van der Waals surface area contributed by atoms with Crippen molar-refractivity contribution in [2.75, 3.05) is 13.1 Å². The molecule has 5 rings (SSSR count). The van der Waals surface area contributed by atoms with Gasteiger partial charge in [-0.25, -0.2) is 4.39 Å². The number of benzene rings is 1. The lowest BCUT2D eigenvalue weighted by molar-refractivity contribution is 0.0689. The van der Waals surface area contributed by atoms with Crippen LogP contribution < -0.4 is 0 Å². The van der Waals surface area contributed by atoms with Gasteiger partial charge in [0, 0.05) is 13.1 Å². The van der Waals surface area contributed by atoms with Crippen molar-refractivity contribution in [3.05, 3.63) is 58.9 Å². The standard InChI is InChI=1S/C20H19FN4O3S/c21-13-5-3-12(4-6-13)16(24-9-7-14(26)8-10-24)17-19(27)25-20(29-17)22-18(23-25)15-2-1-11-28-15/h1-6,11,14,16,26-27H,7-10H2/t16-/m1/s1. The molecule has 0 unspecified atom stereocenters. The second kappa shape index (κ2) is 7.25. The Hall–Kier alpha value is -2.75. The Balaban J connectivity index is 1.57. The number of halogens is 1. The lowest BCUT2D eigenvalue weighted by atomic mass is 9.99. The molecule has 1 fully saturated rings. The quantitative estimate of drug-likeness (QED) is 0.532. The van der Waals surface area contributed by atoms with E-state index < -0.39 is 0 Å². The van der Waals surface area contributed by atoms with Crippen molar-refractivity contribution < 1.29 is 19.0 Å². The molecule has 7 nitrogen and oxygen atoms in total. The summed E-state index contributed by atoms with van der Waals surface area (Å²) in [6.07, 6.45) is 2.54. The molecule has 1 aromatic carbocycles. The van der Waals surface area contributed by atoms with Gasteiger partial charge in [0.05, 0.1) is 23.3 Å². The number of hydrogen-bond donors (Lipinski definition) is 2. The van der Waals surface area contributed by atoms with E-state index in [9.17, 15) is 14.6 Å². The maximum absolute atomic E-state index is 13.5. The molecular weight excluding hydrogens is 395 g/mol. The van der Waals surface area contributed by atoms with Gasteiger partial charge in [-0.05, 0) is 42.7 Å². The van der Waals surface area contributed by atoms with Crippen molar-refractivity contribution in [3.8, 4) is 17.5 Å². The van der Waals surface area contributed by atoms with Crippen molar-refractivity contribution in [2.24, 2.45) is 0 Å². The Morgan fingerprint density at radius 1 is 1.17 bits per heavy atom. The highest BCUT2D eigenvalue weighted by atomic mass is 32.1. The molecule has 0 spiro atoms. The molecule has 1 aliphatic heterocycles. The smallest absolute Gasteiger partial charge is 0.230 e. The molecule has 0 bridgehead atoms. The summed E-state index contributed by atoms with van der Waals surface area (Å²) >= 11 is 1.34. The fraction of sp³-hybridized carbons (Fsp3) is 0.300. The Morgan fingerprint density at radius 3 is 2.59 bits per heavy atom. The van der Waals surface area contributed by atoms with Crippen molar-refractivity contribution in [3.63, 3.8) is 0 Å². The highest BCUT2D eigenvalue weighted by Gasteiger charge is 2.32. The van der Waals surface area contributed by atoms with E-state index in [-0.39, 0.29) is 23.8 Å². The molecular formula is C20H19FN4O3S. The van der Waals surface area contributed by atoms with Gasteiger partial charge in [-0.15, -0.1) is 5.10 Å². The van der Waals surface area contributed by atoms with Gasteiger partial charge in [0.1, 0.15) is 5.82 Å². The first-order valence-corrected chi connectivity index (χ1v) is 10.2. The molecule has 0 aliphatic carbocycles. The third kappa shape index (κ3) is 3.31. The third-order valence-corrected chi connectivity index (χ3v) is 6.31. The molecule has 0 radical (unpaired) electrons. The number of likely N-dealkylation sites (tertiary alicyclic amines) is 1. The van der Waals surface area contributed by atoms with Crippen LogP contribution in [0.2, 0.25) is 0 Å². The Kier molecular flexibility index (Phi) is 4.57. The van der Waals surface area contributed by atoms with Gasteiger partial charge in [0.25, 0.3) is 0 Å². The molecule has 4 heterocycles. The maximum atomic E-state index is 13.5. The highest BCUT2D eigenvalue weighted by molar-refractivity contribution is 7.17. The van der Waals surface area contributed by atoms with E-state index >= 15 is 0 Å². The van der Waals surface area contributed by atoms with E-state index in [1.54, 1.807) is 30.5 Å². The van der Waals surface area contributed by atoms with Gasteiger partial charge >= 0.3 is 0 Å². The predicted octanol–water partition coefficient (Wildman–Crippen LogP) is 3.44. The first kappa shape index (κ1) is 18.3. The number of nitrogens with zero attached hydrogens (tertiary/aromatic N) is 4. The minimum absolute atomic E-state index is 0.00996. The van der Waals surface area contributed by atoms with Gasteiger partial charge in [0.15, 0.2) is 5.76 Å². The van der Waals surface area contributed by atoms with Crippen LogP contribution in [0.15, 0.2) is 47.1 Å². The van der Waals surface area contributed by atoms with Crippen LogP contribution >= 0.6 is 11.3 Å². The van der Waals surface area contributed by atoms with E-state index in [0.29, 0.717) is 47.4 Å². The monoisotopic (exact) mass is 414 g/mol. The van der Waals surface area contributed by atoms with Crippen LogP contribution in [0.5, 0.6) is 5.88 Å². The topological polar surface area (TPSA) is 87.0 Å². The summed E-state index contributed by atoms with van der Waals surface area (Å²) < 4.78 is 20.2. The molecule has 150 valence electrons. The normalized spacial score (nSPS) is 17.2. The second-order valence-electron chi connectivity index (χ2n) is 7.12. The van der Waals surface area contributed by atoms with E-state index in [0.717, 1.165) is 5.56 Å². The largest absolute Gasteiger partial charge is 0.492 e. The zero-order valence-electron chi connectivity index (χ0n) is 15.4. The molecule has 1 saturated heterocycles. The minimum Gasteiger partial charge on any atom is -0.492 e. The van der Waals surface area contributed by atoms with Crippen LogP contribution in [0.3, 0.4) is 0 Å². The van der Waals surface area contributed by atoms with E-state index in [1.807, 2.05) is 0 Å². The molecule has 29 heavy (non-hydrogen) atoms. The number of rotatable bonds is 4. The molecule has 2 N–H and O–H groups in total. The number of aromatic hydroxyl groups is 1. The fourth-order valence-corrected chi connectivity index (χ4v) is 4.87. The Labute approximate surface area is 169 Å². The molecule has 1 aliphatic rings. The van der Waals surface area contributed by atoms with Crippen molar-refractivity contribution >= 4 is 16.3 Å². The molecule has 0 saturated carbocycles. The van der Waals surface area contributed by atoms with Crippen LogP contribution in [-0.4, -0.2) is 48.9 Å². The van der Waals surface area contributed by atoms with Crippen molar-refractivity contribution in [1.82, 2.24) is 19.5 Å². The summed E-state index contributed by atoms with van der Waals surface area (Å²) in [5, 5.41) is 25.2. The SMILES string of the molecule is Oc1c([C@@H](c2ccc(F)cc2)N2CCC(O)CC2)sc2nc(-c3ccco3)nn12. The first-order valence-electron chi connectivity index (χ1n) is 9.40. The number of furan rings is 1. The van der Waals surface area contributed by atoms with Crippen LogP contribution in [-0.2, 0) is 0 Å². The van der Waals surface area contributed by atoms with Crippen LogP contribution in [0.25, 0.3) is 16.5 Å². The third-order valence-electron chi connectivity index (χ3n) is 5.24. The zero-order chi connectivity index (χ0) is 20.0. The van der Waals surface area contributed by atoms with Gasteiger partial charge in [0.2, 0.25) is 16.7 Å². The summed E-state index contributed by atoms with van der Waals surface area (Å²) in [6.45, 7) is 1.35. The van der Waals surface area contributed by atoms with Gasteiger partial charge < -0.3 is 14.6 Å². The number of thiazole rings is 1. The Morgan fingerprint density at radius 2 is 1.93 bits per heavy atom. The predicted molar refractivity (Wildman–Crippen MR) is 105 cm³/mol. The molecule has 3 aromatic heterocycles.